The minimum Gasteiger partial charge on any atom is -0.392 e. The van der Waals surface area contributed by atoms with E-state index in [0.717, 1.165) is 5.69 Å². The average molecular weight is 311 g/mol. The molecule has 4 N–H and O–H groups in total. The molecule has 0 spiro atoms. The second-order valence-electron chi connectivity index (χ2n) is 5.00. The summed E-state index contributed by atoms with van der Waals surface area (Å²) in [5.74, 6) is 0.442. The van der Waals surface area contributed by atoms with Crippen LogP contribution in [0.2, 0.25) is 5.15 Å². The zero-order chi connectivity index (χ0) is 15.4. The van der Waals surface area contributed by atoms with Crippen LogP contribution in [0.1, 0.15) is 13.8 Å². The van der Waals surface area contributed by atoms with Crippen molar-refractivity contribution in [1.29, 1.82) is 0 Å². The number of nitrogens with zero attached hydrogens (tertiary/aromatic N) is 2. The minimum absolute atomic E-state index is 0.245. The standard InChI is InChI=1S/C14H19ClN4O2/c1-8(20)6-16-10-4-3-5-11-12(10)19-13(15)14(18-11)17-7-9(2)21/h3-5,8-9,16,20-21H,6-7H2,1-2H3,(H,17,18)/t8-,9-/m1/s1. The second-order valence-corrected chi connectivity index (χ2v) is 5.35. The number of aliphatic hydroxyl groups excluding tert-OH is 2. The molecule has 0 amide bonds. The first-order valence-electron chi connectivity index (χ1n) is 6.77. The Hall–Kier alpha value is -1.63. The molecule has 2 atom stereocenters. The van der Waals surface area contributed by atoms with Gasteiger partial charge in [-0.25, -0.2) is 9.97 Å². The molecular formula is C14H19ClN4O2. The Morgan fingerprint density at radius 1 is 1.10 bits per heavy atom. The molecule has 6 nitrogen and oxygen atoms in total. The fourth-order valence-electron chi connectivity index (χ4n) is 1.81. The molecule has 1 aromatic heterocycles. The van der Waals surface area contributed by atoms with Gasteiger partial charge in [0.05, 0.1) is 23.4 Å². The molecule has 7 heteroatoms. The molecule has 114 valence electrons. The number of hydrogen-bond acceptors (Lipinski definition) is 6. The third kappa shape index (κ3) is 4.17. The summed E-state index contributed by atoms with van der Waals surface area (Å²) in [5.41, 5.74) is 2.10. The van der Waals surface area contributed by atoms with Crippen molar-refractivity contribution < 1.29 is 10.2 Å². The van der Waals surface area contributed by atoms with Crippen molar-refractivity contribution in [3.8, 4) is 0 Å². The van der Waals surface area contributed by atoms with Crippen molar-refractivity contribution in [1.82, 2.24) is 9.97 Å². The molecule has 0 saturated heterocycles. The zero-order valence-corrected chi connectivity index (χ0v) is 12.7. The number of nitrogens with one attached hydrogen (secondary N) is 2. The van der Waals surface area contributed by atoms with Crippen LogP contribution >= 0.6 is 11.6 Å². The minimum atomic E-state index is -0.502. The lowest BCUT2D eigenvalue weighted by atomic mass is 10.2. The van der Waals surface area contributed by atoms with Crippen LogP contribution in [0.5, 0.6) is 0 Å². The van der Waals surface area contributed by atoms with Crippen LogP contribution in [-0.2, 0) is 0 Å². The van der Waals surface area contributed by atoms with Crippen LogP contribution < -0.4 is 10.6 Å². The van der Waals surface area contributed by atoms with Gasteiger partial charge >= 0.3 is 0 Å². The van der Waals surface area contributed by atoms with E-state index in [1.165, 1.54) is 0 Å². The summed E-state index contributed by atoms with van der Waals surface area (Å²) in [4.78, 5) is 8.76. The van der Waals surface area contributed by atoms with Gasteiger partial charge in [0, 0.05) is 13.1 Å². The van der Waals surface area contributed by atoms with E-state index in [1.54, 1.807) is 13.8 Å². The summed E-state index contributed by atoms with van der Waals surface area (Å²) in [6.45, 7) is 4.14. The molecule has 21 heavy (non-hydrogen) atoms. The third-order valence-corrected chi connectivity index (χ3v) is 3.07. The van der Waals surface area contributed by atoms with Crippen LogP contribution in [0.4, 0.5) is 11.5 Å². The molecule has 0 bridgehead atoms. The van der Waals surface area contributed by atoms with E-state index in [-0.39, 0.29) is 5.15 Å². The van der Waals surface area contributed by atoms with Gasteiger partial charge in [-0.05, 0) is 26.0 Å². The van der Waals surface area contributed by atoms with Gasteiger partial charge in [-0.3, -0.25) is 0 Å². The highest BCUT2D eigenvalue weighted by Gasteiger charge is 2.10. The second kappa shape index (κ2) is 6.89. The normalized spacial score (nSPS) is 14.0. The van der Waals surface area contributed by atoms with E-state index < -0.39 is 12.2 Å². The molecule has 0 saturated carbocycles. The number of fused-ring (bicyclic) bond motifs is 1. The predicted octanol–water partition coefficient (Wildman–Crippen LogP) is 1.87. The van der Waals surface area contributed by atoms with Crippen LogP contribution in [-0.4, -0.2) is 45.5 Å². The summed E-state index contributed by atoms with van der Waals surface area (Å²) in [6.07, 6.45) is -0.965. The Kier molecular flexibility index (Phi) is 5.17. The van der Waals surface area contributed by atoms with Crippen LogP contribution in [0.15, 0.2) is 18.2 Å². The van der Waals surface area contributed by atoms with Gasteiger partial charge in [0.1, 0.15) is 5.52 Å². The van der Waals surface area contributed by atoms with Crippen LogP contribution in [0.25, 0.3) is 11.0 Å². The van der Waals surface area contributed by atoms with Gasteiger partial charge in [0.15, 0.2) is 11.0 Å². The van der Waals surface area contributed by atoms with Gasteiger partial charge in [0.25, 0.3) is 0 Å². The van der Waals surface area contributed by atoms with Crippen LogP contribution in [0, 0.1) is 0 Å². The van der Waals surface area contributed by atoms with Gasteiger partial charge in [-0.2, -0.15) is 0 Å². The number of rotatable bonds is 6. The number of para-hydroxylation sites is 1. The Balaban J connectivity index is 2.32. The molecule has 0 aliphatic carbocycles. The van der Waals surface area contributed by atoms with Gasteiger partial charge in [-0.1, -0.05) is 17.7 Å². The summed E-state index contributed by atoms with van der Waals surface area (Å²) in [5, 5.41) is 25.0. The summed E-state index contributed by atoms with van der Waals surface area (Å²) in [7, 11) is 0. The van der Waals surface area contributed by atoms with Gasteiger partial charge < -0.3 is 20.8 Å². The number of benzene rings is 1. The van der Waals surface area contributed by atoms with E-state index >= 15 is 0 Å². The molecule has 0 aliphatic heterocycles. The number of aliphatic hydroxyl groups is 2. The fraction of sp³-hybridized carbons (Fsp3) is 0.429. The lowest BCUT2D eigenvalue weighted by molar-refractivity contribution is 0.208. The highest BCUT2D eigenvalue weighted by Crippen LogP contribution is 2.26. The first-order valence-corrected chi connectivity index (χ1v) is 7.15. The van der Waals surface area contributed by atoms with E-state index in [1.807, 2.05) is 18.2 Å². The van der Waals surface area contributed by atoms with E-state index in [4.69, 9.17) is 11.6 Å². The van der Waals surface area contributed by atoms with Gasteiger partial charge in [-0.15, -0.1) is 0 Å². The molecular weight excluding hydrogens is 292 g/mol. The van der Waals surface area contributed by atoms with Crippen LogP contribution in [0.3, 0.4) is 0 Å². The first kappa shape index (κ1) is 15.8. The van der Waals surface area contributed by atoms with E-state index in [2.05, 4.69) is 20.6 Å². The smallest absolute Gasteiger partial charge is 0.172 e. The Labute approximate surface area is 128 Å². The summed E-state index contributed by atoms with van der Waals surface area (Å²) in [6, 6.07) is 5.55. The summed E-state index contributed by atoms with van der Waals surface area (Å²) >= 11 is 6.13. The van der Waals surface area contributed by atoms with Crippen molar-refractivity contribution in [2.24, 2.45) is 0 Å². The molecule has 0 aliphatic rings. The Morgan fingerprint density at radius 2 is 1.76 bits per heavy atom. The molecule has 2 aromatic rings. The largest absolute Gasteiger partial charge is 0.392 e. The quantitative estimate of drug-likeness (QED) is 0.651. The van der Waals surface area contributed by atoms with E-state index in [0.29, 0.717) is 29.9 Å². The maximum absolute atomic E-state index is 9.35. The fourth-order valence-corrected chi connectivity index (χ4v) is 2.01. The lowest BCUT2D eigenvalue weighted by Crippen LogP contribution is -2.17. The van der Waals surface area contributed by atoms with Crippen molar-refractivity contribution in [2.45, 2.75) is 26.1 Å². The highest BCUT2D eigenvalue weighted by molar-refractivity contribution is 6.32. The Morgan fingerprint density at radius 3 is 2.43 bits per heavy atom. The topological polar surface area (TPSA) is 90.3 Å². The maximum Gasteiger partial charge on any atom is 0.172 e. The van der Waals surface area contributed by atoms with Crippen molar-refractivity contribution in [2.75, 3.05) is 23.7 Å². The predicted molar refractivity (Wildman–Crippen MR) is 84.9 cm³/mol. The maximum atomic E-state index is 9.35. The number of anilines is 2. The summed E-state index contributed by atoms with van der Waals surface area (Å²) < 4.78 is 0. The zero-order valence-electron chi connectivity index (χ0n) is 12.0. The van der Waals surface area contributed by atoms with Crippen molar-refractivity contribution in [3.63, 3.8) is 0 Å². The van der Waals surface area contributed by atoms with Gasteiger partial charge in [0.2, 0.25) is 0 Å². The molecule has 0 radical (unpaired) electrons. The molecule has 0 unspecified atom stereocenters. The molecule has 2 rings (SSSR count). The average Bonchev–Trinajstić information content (AvgIpc) is 2.42. The molecule has 1 aromatic carbocycles. The highest BCUT2D eigenvalue weighted by atomic mass is 35.5. The third-order valence-electron chi connectivity index (χ3n) is 2.81. The first-order chi connectivity index (χ1) is 9.97. The number of hydrogen-bond donors (Lipinski definition) is 4. The SMILES string of the molecule is C[C@@H](O)CNc1nc2cccc(NC[C@@H](C)O)c2nc1Cl. The monoisotopic (exact) mass is 310 g/mol. The Bertz CT molecular complexity index is 619. The molecule has 0 fully saturated rings. The lowest BCUT2D eigenvalue weighted by Gasteiger charge is -2.13. The van der Waals surface area contributed by atoms with E-state index in [9.17, 15) is 10.2 Å². The number of aromatic nitrogens is 2. The molecule has 1 heterocycles. The van der Waals surface area contributed by atoms with Crippen molar-refractivity contribution >= 4 is 34.1 Å². The number of halogens is 1. The van der Waals surface area contributed by atoms with Crippen molar-refractivity contribution in [3.05, 3.63) is 23.4 Å².